The maximum atomic E-state index is 12.6. The van der Waals surface area contributed by atoms with Crippen LogP contribution in [-0.2, 0) is 17.9 Å². The highest BCUT2D eigenvalue weighted by atomic mass is 16.4. The number of aromatic nitrogens is 2. The van der Waals surface area contributed by atoms with Crippen molar-refractivity contribution in [3.8, 4) is 0 Å². The van der Waals surface area contributed by atoms with Crippen molar-refractivity contribution in [2.24, 2.45) is 0 Å². The Labute approximate surface area is 146 Å². The molecule has 1 amide bonds. The average molecular weight is 342 g/mol. The van der Waals surface area contributed by atoms with Crippen molar-refractivity contribution >= 4 is 17.6 Å². The number of carboxylic acids is 1. The smallest absolute Gasteiger partial charge is 0.356 e. The van der Waals surface area contributed by atoms with Gasteiger partial charge in [0.05, 0.1) is 18.8 Å². The second-order valence-electron chi connectivity index (χ2n) is 6.45. The summed E-state index contributed by atoms with van der Waals surface area (Å²) >= 11 is 0. The molecule has 0 radical (unpaired) electrons. The Kier molecular flexibility index (Phi) is 4.74. The van der Waals surface area contributed by atoms with E-state index in [-0.39, 0.29) is 18.1 Å². The molecule has 2 heterocycles. The summed E-state index contributed by atoms with van der Waals surface area (Å²) in [6, 6.07) is 7.65. The van der Waals surface area contributed by atoms with E-state index in [0.717, 1.165) is 28.9 Å². The third kappa shape index (κ3) is 3.99. The van der Waals surface area contributed by atoms with Crippen molar-refractivity contribution < 1.29 is 14.7 Å². The number of rotatable bonds is 4. The van der Waals surface area contributed by atoms with Gasteiger partial charge in [-0.1, -0.05) is 6.07 Å². The van der Waals surface area contributed by atoms with Gasteiger partial charge in [0.2, 0.25) is 5.91 Å². The fourth-order valence-corrected chi connectivity index (χ4v) is 3.15. The molecule has 0 saturated carbocycles. The van der Waals surface area contributed by atoms with Crippen LogP contribution in [0.5, 0.6) is 0 Å². The summed E-state index contributed by atoms with van der Waals surface area (Å²) in [4.78, 5) is 25.4. The zero-order valence-electron chi connectivity index (χ0n) is 14.5. The minimum atomic E-state index is -1.05. The molecule has 2 N–H and O–H groups in total. The first-order chi connectivity index (χ1) is 11.9. The number of anilines is 1. The molecule has 2 aromatic rings. The summed E-state index contributed by atoms with van der Waals surface area (Å²) in [5.41, 5.74) is 4.01. The monoisotopic (exact) mass is 342 g/mol. The quantitative estimate of drug-likeness (QED) is 0.888. The van der Waals surface area contributed by atoms with E-state index in [1.807, 2.05) is 26.0 Å². The highest BCUT2D eigenvalue weighted by Gasteiger charge is 2.22. The molecule has 0 atom stereocenters. The molecule has 0 unspecified atom stereocenters. The number of carbonyl (C=O) groups is 2. The molecule has 1 aromatic carbocycles. The summed E-state index contributed by atoms with van der Waals surface area (Å²) in [5, 5.41) is 16.3. The zero-order chi connectivity index (χ0) is 18.0. The molecular formula is C18H22N4O3. The number of nitrogens with zero attached hydrogens (tertiary/aromatic N) is 3. The van der Waals surface area contributed by atoms with Crippen molar-refractivity contribution in [2.75, 3.05) is 18.4 Å². The number of amides is 1. The van der Waals surface area contributed by atoms with Gasteiger partial charge in [-0.2, -0.15) is 5.10 Å². The van der Waals surface area contributed by atoms with Crippen molar-refractivity contribution in [1.82, 2.24) is 14.7 Å². The van der Waals surface area contributed by atoms with Crippen molar-refractivity contribution in [3.63, 3.8) is 0 Å². The highest BCUT2D eigenvalue weighted by molar-refractivity contribution is 5.85. The van der Waals surface area contributed by atoms with E-state index in [1.54, 1.807) is 15.6 Å². The molecule has 7 nitrogen and oxygen atoms in total. The number of aryl methyl sites for hydroxylation is 3. The molecule has 0 aliphatic carbocycles. The zero-order valence-corrected chi connectivity index (χ0v) is 14.5. The molecule has 1 aliphatic rings. The van der Waals surface area contributed by atoms with Gasteiger partial charge in [-0.25, -0.2) is 4.79 Å². The topological polar surface area (TPSA) is 87.5 Å². The van der Waals surface area contributed by atoms with Gasteiger partial charge in [0.1, 0.15) is 0 Å². The van der Waals surface area contributed by atoms with Crippen LogP contribution in [0.3, 0.4) is 0 Å². The van der Waals surface area contributed by atoms with Crippen LogP contribution in [-0.4, -0.2) is 44.8 Å². The molecule has 3 rings (SSSR count). The Hall–Kier alpha value is -2.83. The van der Waals surface area contributed by atoms with E-state index >= 15 is 0 Å². The molecule has 132 valence electrons. The Balaban J connectivity index is 1.66. The molecule has 1 aromatic heterocycles. The van der Waals surface area contributed by atoms with E-state index in [1.165, 1.54) is 0 Å². The molecule has 0 fully saturated rings. The van der Waals surface area contributed by atoms with Crippen molar-refractivity contribution in [2.45, 2.75) is 33.4 Å². The number of nitrogens with one attached hydrogen (secondary N) is 1. The van der Waals surface area contributed by atoms with Crippen molar-refractivity contribution in [1.29, 1.82) is 0 Å². The first-order valence-electron chi connectivity index (χ1n) is 8.32. The van der Waals surface area contributed by atoms with E-state index in [2.05, 4.69) is 16.5 Å². The number of hydrogen-bond donors (Lipinski definition) is 2. The van der Waals surface area contributed by atoms with Gasteiger partial charge in [-0.05, 0) is 49.6 Å². The molecule has 0 bridgehead atoms. The predicted molar refractivity (Wildman–Crippen MR) is 93.6 cm³/mol. The van der Waals surface area contributed by atoms with Crippen LogP contribution in [0.2, 0.25) is 0 Å². The molecular weight excluding hydrogens is 320 g/mol. The second kappa shape index (κ2) is 6.96. The maximum Gasteiger partial charge on any atom is 0.356 e. The normalized spacial score (nSPS) is 13.9. The summed E-state index contributed by atoms with van der Waals surface area (Å²) in [7, 11) is 0. The van der Waals surface area contributed by atoms with E-state index in [4.69, 9.17) is 5.11 Å². The molecule has 1 aliphatic heterocycles. The van der Waals surface area contributed by atoms with Crippen molar-refractivity contribution in [3.05, 3.63) is 46.8 Å². The largest absolute Gasteiger partial charge is 0.476 e. The van der Waals surface area contributed by atoms with Gasteiger partial charge in [0.15, 0.2) is 5.69 Å². The van der Waals surface area contributed by atoms with Gasteiger partial charge in [-0.3, -0.25) is 9.48 Å². The number of hydrogen-bond acceptors (Lipinski definition) is 4. The van der Waals surface area contributed by atoms with Crippen LogP contribution >= 0.6 is 0 Å². The minimum Gasteiger partial charge on any atom is -0.476 e. The van der Waals surface area contributed by atoms with Crippen LogP contribution in [0.25, 0.3) is 0 Å². The Morgan fingerprint density at radius 3 is 2.56 bits per heavy atom. The minimum absolute atomic E-state index is 0.00863. The fourth-order valence-electron chi connectivity index (χ4n) is 3.15. The summed E-state index contributed by atoms with van der Waals surface area (Å²) in [5.74, 6) is -1.05. The number of carbonyl (C=O) groups excluding carboxylic acids is 1. The van der Waals surface area contributed by atoms with Gasteiger partial charge < -0.3 is 15.3 Å². The van der Waals surface area contributed by atoms with Crippen LogP contribution < -0.4 is 5.32 Å². The third-order valence-electron chi connectivity index (χ3n) is 4.25. The first-order valence-corrected chi connectivity index (χ1v) is 8.32. The Morgan fingerprint density at radius 2 is 1.88 bits per heavy atom. The van der Waals surface area contributed by atoms with Gasteiger partial charge in [-0.15, -0.1) is 0 Å². The fraction of sp³-hybridized carbons (Fsp3) is 0.389. The molecule has 0 spiro atoms. The summed E-state index contributed by atoms with van der Waals surface area (Å²) in [6.07, 6.45) is 0.753. The number of benzene rings is 1. The highest BCUT2D eigenvalue weighted by Crippen LogP contribution is 2.16. The molecule has 25 heavy (non-hydrogen) atoms. The van der Waals surface area contributed by atoms with E-state index in [9.17, 15) is 9.59 Å². The molecule has 0 saturated heterocycles. The lowest BCUT2D eigenvalue weighted by Crippen LogP contribution is -2.35. The second-order valence-corrected chi connectivity index (χ2v) is 6.45. The number of fused-ring (bicyclic) bond motifs is 1. The standard InChI is InChI=1S/C18H22N4O3/c1-12-6-13(2)8-14(7-12)19-10-17(23)21-4-3-5-22-15(11-21)9-16(20-22)18(24)25/h6-9,19H,3-5,10-11H2,1-2H3,(H,24,25). The van der Waals surface area contributed by atoms with Gasteiger partial charge in [0, 0.05) is 18.8 Å². The van der Waals surface area contributed by atoms with Crippen LogP contribution in [0.1, 0.15) is 33.7 Å². The summed E-state index contributed by atoms with van der Waals surface area (Å²) in [6.45, 7) is 5.90. The lowest BCUT2D eigenvalue weighted by atomic mass is 10.1. The van der Waals surface area contributed by atoms with Crippen LogP contribution in [0, 0.1) is 13.8 Å². The Morgan fingerprint density at radius 1 is 1.16 bits per heavy atom. The first kappa shape index (κ1) is 17.0. The van der Waals surface area contributed by atoms with Crippen LogP contribution in [0.15, 0.2) is 24.3 Å². The van der Waals surface area contributed by atoms with E-state index < -0.39 is 5.97 Å². The van der Waals surface area contributed by atoms with Gasteiger partial charge in [0.25, 0.3) is 0 Å². The number of carboxylic acid groups (broad SMARTS) is 1. The third-order valence-corrected chi connectivity index (χ3v) is 4.25. The predicted octanol–water partition coefficient (Wildman–Crippen LogP) is 2.04. The maximum absolute atomic E-state index is 12.6. The lowest BCUT2D eigenvalue weighted by Gasteiger charge is -2.20. The molecule has 7 heteroatoms. The van der Waals surface area contributed by atoms with Crippen LogP contribution in [0.4, 0.5) is 5.69 Å². The van der Waals surface area contributed by atoms with E-state index in [0.29, 0.717) is 19.6 Å². The Bertz CT molecular complexity index is 792. The SMILES string of the molecule is Cc1cc(C)cc(NCC(=O)N2CCCn3nc(C(=O)O)cc3C2)c1. The number of aromatic carboxylic acids is 1. The average Bonchev–Trinajstić information content (AvgIpc) is 2.84. The summed E-state index contributed by atoms with van der Waals surface area (Å²) < 4.78 is 1.69. The lowest BCUT2D eigenvalue weighted by molar-refractivity contribution is -0.129. The van der Waals surface area contributed by atoms with Gasteiger partial charge >= 0.3 is 5.97 Å².